The molecule has 0 N–H and O–H groups in total. The second-order valence-electron chi connectivity index (χ2n) is 5.51. The molecular weight excluding hydrogens is 404 g/mol. The molecule has 2 aromatic rings. The predicted octanol–water partition coefficient (Wildman–Crippen LogP) is 2.32. The zero-order valence-electron chi connectivity index (χ0n) is 13.5. The molecule has 0 saturated carbocycles. The van der Waals surface area contributed by atoms with E-state index >= 15 is 0 Å². The lowest BCUT2D eigenvalue weighted by atomic mass is 10.3. The zero-order chi connectivity index (χ0) is 17.6. The van der Waals surface area contributed by atoms with Gasteiger partial charge in [0, 0.05) is 47.9 Å². The minimum atomic E-state index is -0.135. The number of amides is 2. The summed E-state index contributed by atoms with van der Waals surface area (Å²) in [6.45, 7) is 2.13. The van der Waals surface area contributed by atoms with Gasteiger partial charge >= 0.3 is 0 Å². The summed E-state index contributed by atoms with van der Waals surface area (Å²) in [5.74, 6) is 0.365. The molecule has 0 spiro atoms. The Labute approximate surface area is 158 Å². The van der Waals surface area contributed by atoms with Crippen LogP contribution in [0.15, 0.2) is 52.2 Å². The van der Waals surface area contributed by atoms with Crippen molar-refractivity contribution in [1.29, 1.82) is 0 Å². The molecule has 1 aromatic carbocycles. The van der Waals surface area contributed by atoms with Crippen LogP contribution < -0.4 is 0 Å². The highest BCUT2D eigenvalue weighted by atomic mass is 79.9. The second kappa shape index (κ2) is 8.44. The van der Waals surface area contributed by atoms with Crippen LogP contribution in [-0.2, 0) is 4.79 Å². The lowest BCUT2D eigenvalue weighted by Crippen LogP contribution is -2.51. The first-order chi connectivity index (χ1) is 12.1. The third-order valence-electron chi connectivity index (χ3n) is 3.88. The summed E-state index contributed by atoms with van der Waals surface area (Å²) in [5.41, 5.74) is 0.341. The average Bonchev–Trinajstić information content (AvgIpc) is 2.67. The van der Waals surface area contributed by atoms with Gasteiger partial charge < -0.3 is 9.80 Å². The van der Waals surface area contributed by atoms with Crippen LogP contribution in [0.1, 0.15) is 10.5 Å². The monoisotopic (exact) mass is 420 g/mol. The largest absolute Gasteiger partial charge is 0.338 e. The van der Waals surface area contributed by atoms with E-state index in [1.165, 1.54) is 30.4 Å². The normalized spacial score (nSPS) is 14.4. The minimum absolute atomic E-state index is 0.0968. The lowest BCUT2D eigenvalue weighted by Gasteiger charge is -2.34. The third kappa shape index (κ3) is 4.79. The number of hydrogen-bond acceptors (Lipinski definition) is 5. The van der Waals surface area contributed by atoms with Crippen molar-refractivity contribution in [1.82, 2.24) is 19.8 Å². The Kier molecular flexibility index (Phi) is 6.04. The molecule has 1 aliphatic heterocycles. The lowest BCUT2D eigenvalue weighted by molar-refractivity contribution is -0.129. The fraction of sp³-hybridized carbons (Fsp3) is 0.294. The molecule has 1 fully saturated rings. The van der Waals surface area contributed by atoms with Crippen molar-refractivity contribution >= 4 is 39.5 Å². The van der Waals surface area contributed by atoms with E-state index in [0.29, 0.717) is 37.6 Å². The van der Waals surface area contributed by atoms with Crippen molar-refractivity contribution in [2.24, 2.45) is 0 Å². The molecule has 0 atom stereocenters. The molecule has 0 aliphatic carbocycles. The van der Waals surface area contributed by atoms with Crippen LogP contribution in [0.2, 0.25) is 0 Å². The highest BCUT2D eigenvalue weighted by Gasteiger charge is 2.25. The summed E-state index contributed by atoms with van der Waals surface area (Å²) in [6.07, 6.45) is 4.51. The topological polar surface area (TPSA) is 66.4 Å². The number of thioether (sulfide) groups is 1. The van der Waals surface area contributed by atoms with E-state index in [0.717, 1.165) is 9.37 Å². The minimum Gasteiger partial charge on any atom is -0.338 e. The Morgan fingerprint density at radius 1 is 1.04 bits per heavy atom. The summed E-state index contributed by atoms with van der Waals surface area (Å²) in [5, 5.41) is 0. The quantitative estimate of drug-likeness (QED) is 0.709. The van der Waals surface area contributed by atoms with E-state index in [4.69, 9.17) is 0 Å². The van der Waals surface area contributed by atoms with Gasteiger partial charge in [-0.05, 0) is 24.3 Å². The van der Waals surface area contributed by atoms with Crippen molar-refractivity contribution in [2.75, 3.05) is 31.9 Å². The maximum atomic E-state index is 12.4. The number of rotatable bonds is 4. The molecule has 1 aliphatic rings. The van der Waals surface area contributed by atoms with Gasteiger partial charge in [0.05, 0.1) is 11.9 Å². The maximum absolute atomic E-state index is 12.4. The van der Waals surface area contributed by atoms with Crippen molar-refractivity contribution in [2.45, 2.75) is 4.90 Å². The molecule has 0 bridgehead atoms. The first kappa shape index (κ1) is 17.9. The Balaban J connectivity index is 1.47. The van der Waals surface area contributed by atoms with Crippen LogP contribution in [0.4, 0.5) is 0 Å². The molecular formula is C17H17BrN4O2S. The van der Waals surface area contributed by atoms with Crippen LogP contribution in [0, 0.1) is 0 Å². The molecule has 130 valence electrons. The van der Waals surface area contributed by atoms with Gasteiger partial charge in [-0.1, -0.05) is 15.9 Å². The van der Waals surface area contributed by atoms with Crippen LogP contribution in [-0.4, -0.2) is 63.5 Å². The summed E-state index contributed by atoms with van der Waals surface area (Å²) >= 11 is 4.92. The Morgan fingerprint density at radius 3 is 2.36 bits per heavy atom. The van der Waals surface area contributed by atoms with Gasteiger partial charge in [0.25, 0.3) is 5.91 Å². The predicted molar refractivity (Wildman–Crippen MR) is 99.4 cm³/mol. The van der Waals surface area contributed by atoms with Crippen molar-refractivity contribution < 1.29 is 9.59 Å². The number of piperazine rings is 1. The molecule has 6 nitrogen and oxygen atoms in total. The van der Waals surface area contributed by atoms with E-state index in [9.17, 15) is 9.59 Å². The van der Waals surface area contributed by atoms with E-state index in [1.54, 1.807) is 4.90 Å². The van der Waals surface area contributed by atoms with Crippen LogP contribution in [0.5, 0.6) is 0 Å². The Bertz CT molecular complexity index is 734. The fourth-order valence-electron chi connectivity index (χ4n) is 2.50. The third-order valence-corrected chi connectivity index (χ3v) is 5.40. The second-order valence-corrected chi connectivity index (χ2v) is 7.47. The summed E-state index contributed by atoms with van der Waals surface area (Å²) in [6, 6.07) is 7.90. The van der Waals surface area contributed by atoms with Crippen molar-refractivity contribution in [3.63, 3.8) is 0 Å². The number of benzene rings is 1. The number of nitrogens with zero attached hydrogens (tertiary/aromatic N) is 4. The molecule has 0 radical (unpaired) electrons. The molecule has 1 saturated heterocycles. The van der Waals surface area contributed by atoms with Crippen molar-refractivity contribution in [3.05, 3.63) is 53.0 Å². The van der Waals surface area contributed by atoms with E-state index in [-0.39, 0.29) is 11.8 Å². The maximum Gasteiger partial charge on any atom is 0.274 e. The Hall–Kier alpha value is -1.93. The summed E-state index contributed by atoms with van der Waals surface area (Å²) in [4.78, 5) is 37.2. The zero-order valence-corrected chi connectivity index (χ0v) is 15.9. The van der Waals surface area contributed by atoms with Gasteiger partial charge in [0.1, 0.15) is 5.69 Å². The van der Waals surface area contributed by atoms with Gasteiger partial charge in [-0.15, -0.1) is 11.8 Å². The number of halogens is 1. The fourth-order valence-corrected chi connectivity index (χ4v) is 3.56. The van der Waals surface area contributed by atoms with Crippen LogP contribution in [0.25, 0.3) is 0 Å². The number of hydrogen-bond donors (Lipinski definition) is 0. The first-order valence-corrected chi connectivity index (χ1v) is 9.63. The SMILES string of the molecule is O=C(CSc1ccc(Br)cc1)N1CCN(C(=O)c2cnccn2)CC1. The molecule has 25 heavy (non-hydrogen) atoms. The van der Waals surface area contributed by atoms with E-state index in [2.05, 4.69) is 25.9 Å². The first-order valence-electron chi connectivity index (χ1n) is 7.85. The molecule has 3 rings (SSSR count). The van der Waals surface area contributed by atoms with Crippen LogP contribution in [0.3, 0.4) is 0 Å². The van der Waals surface area contributed by atoms with Gasteiger partial charge in [0.2, 0.25) is 5.91 Å². The highest BCUT2D eigenvalue weighted by molar-refractivity contribution is 9.10. The van der Waals surface area contributed by atoms with E-state index in [1.807, 2.05) is 29.2 Å². The van der Waals surface area contributed by atoms with Gasteiger partial charge in [0.15, 0.2) is 0 Å². The average molecular weight is 421 g/mol. The number of carbonyl (C=O) groups is 2. The molecule has 1 aromatic heterocycles. The molecule has 0 unspecified atom stereocenters. The Morgan fingerprint density at radius 2 is 1.72 bits per heavy atom. The molecule has 2 amide bonds. The standard InChI is InChI=1S/C17H17BrN4O2S/c18-13-1-3-14(4-2-13)25-12-16(23)21-7-9-22(10-8-21)17(24)15-11-19-5-6-20-15/h1-6,11H,7-10,12H2. The van der Waals surface area contributed by atoms with E-state index < -0.39 is 0 Å². The number of aromatic nitrogens is 2. The molecule has 8 heteroatoms. The summed E-state index contributed by atoms with van der Waals surface area (Å²) in [7, 11) is 0. The summed E-state index contributed by atoms with van der Waals surface area (Å²) < 4.78 is 1.02. The van der Waals surface area contributed by atoms with Crippen molar-refractivity contribution in [3.8, 4) is 0 Å². The number of carbonyl (C=O) groups excluding carboxylic acids is 2. The van der Waals surface area contributed by atoms with Crippen LogP contribution >= 0.6 is 27.7 Å². The smallest absolute Gasteiger partial charge is 0.274 e. The van der Waals surface area contributed by atoms with Gasteiger partial charge in [-0.3, -0.25) is 14.6 Å². The highest BCUT2D eigenvalue weighted by Crippen LogP contribution is 2.21. The van der Waals surface area contributed by atoms with Gasteiger partial charge in [-0.25, -0.2) is 4.98 Å². The van der Waals surface area contributed by atoms with Gasteiger partial charge in [-0.2, -0.15) is 0 Å². The molecule has 2 heterocycles.